The van der Waals surface area contributed by atoms with Gasteiger partial charge in [0, 0.05) is 12.6 Å². The molecule has 0 atom stereocenters. The van der Waals surface area contributed by atoms with Gasteiger partial charge in [-0.2, -0.15) is 0 Å². The lowest BCUT2D eigenvalue weighted by Gasteiger charge is -2.32. The number of carboxylic acid groups (broad SMARTS) is 1. The number of hydrogen-bond donors (Lipinski definition) is 2. The second-order valence-corrected chi connectivity index (χ2v) is 7.23. The molecule has 0 spiro atoms. The minimum Gasteiger partial charge on any atom is -0.478 e. The summed E-state index contributed by atoms with van der Waals surface area (Å²) in [6.45, 7) is 8.67. The summed E-state index contributed by atoms with van der Waals surface area (Å²) in [4.78, 5) is 13.2. The van der Waals surface area contributed by atoms with Gasteiger partial charge in [-0.3, -0.25) is 0 Å². The third-order valence-electron chi connectivity index (χ3n) is 3.02. The predicted octanol–water partition coefficient (Wildman–Crippen LogP) is 1.90. The molecule has 0 fully saturated rings. The van der Waals surface area contributed by atoms with Crippen LogP contribution in [0.15, 0.2) is 23.1 Å². The summed E-state index contributed by atoms with van der Waals surface area (Å²) in [6, 6.07) is 4.05. The molecule has 0 unspecified atom stereocenters. The SMILES string of the molecule is CC(C)CN(c1ccc(S(N)(=O)=O)cc1C(=O)O)C(C)C. The van der Waals surface area contributed by atoms with E-state index in [2.05, 4.69) is 0 Å². The lowest BCUT2D eigenvalue weighted by Crippen LogP contribution is -2.35. The van der Waals surface area contributed by atoms with Crippen molar-refractivity contribution in [2.45, 2.75) is 38.6 Å². The van der Waals surface area contributed by atoms with E-state index in [1.54, 1.807) is 0 Å². The molecular weight excluding hydrogens is 292 g/mol. The number of sulfonamides is 1. The number of nitrogens with zero attached hydrogens (tertiary/aromatic N) is 1. The average Bonchev–Trinajstić information content (AvgIpc) is 2.33. The zero-order chi connectivity index (χ0) is 16.4. The van der Waals surface area contributed by atoms with Crippen LogP contribution >= 0.6 is 0 Å². The van der Waals surface area contributed by atoms with Gasteiger partial charge in [-0.1, -0.05) is 13.8 Å². The first-order chi connectivity index (χ1) is 9.54. The maximum atomic E-state index is 11.5. The average molecular weight is 314 g/mol. The Bertz CT molecular complexity index is 624. The van der Waals surface area contributed by atoms with Gasteiger partial charge < -0.3 is 10.0 Å². The summed E-state index contributed by atoms with van der Waals surface area (Å²) in [5.74, 6) is -0.836. The summed E-state index contributed by atoms with van der Waals surface area (Å²) in [7, 11) is -3.93. The van der Waals surface area contributed by atoms with Crippen LogP contribution in [-0.2, 0) is 10.0 Å². The van der Waals surface area contributed by atoms with Crippen molar-refractivity contribution in [3.8, 4) is 0 Å². The Labute approximate surface area is 125 Å². The quantitative estimate of drug-likeness (QED) is 0.835. The molecule has 0 bridgehead atoms. The molecule has 0 heterocycles. The smallest absolute Gasteiger partial charge is 0.337 e. The van der Waals surface area contributed by atoms with Crippen LogP contribution in [0.3, 0.4) is 0 Å². The first-order valence-corrected chi connectivity index (χ1v) is 8.25. The molecule has 0 saturated heterocycles. The summed E-state index contributed by atoms with van der Waals surface area (Å²) < 4.78 is 22.7. The van der Waals surface area contributed by atoms with Crippen molar-refractivity contribution in [3.63, 3.8) is 0 Å². The minimum atomic E-state index is -3.93. The van der Waals surface area contributed by atoms with E-state index in [1.165, 1.54) is 12.1 Å². The van der Waals surface area contributed by atoms with Crippen LogP contribution in [0, 0.1) is 5.92 Å². The first-order valence-electron chi connectivity index (χ1n) is 6.70. The number of carbonyl (C=O) groups is 1. The Morgan fingerprint density at radius 3 is 2.24 bits per heavy atom. The van der Waals surface area contributed by atoms with E-state index in [-0.39, 0.29) is 16.5 Å². The highest BCUT2D eigenvalue weighted by Crippen LogP contribution is 2.26. The Hall–Kier alpha value is -1.60. The van der Waals surface area contributed by atoms with Crippen molar-refractivity contribution in [2.24, 2.45) is 11.1 Å². The van der Waals surface area contributed by atoms with E-state index in [9.17, 15) is 18.3 Å². The third-order valence-corrected chi connectivity index (χ3v) is 3.93. The van der Waals surface area contributed by atoms with Crippen LogP contribution in [0.4, 0.5) is 5.69 Å². The summed E-state index contributed by atoms with van der Waals surface area (Å²) >= 11 is 0. The topological polar surface area (TPSA) is 101 Å². The fourth-order valence-electron chi connectivity index (χ4n) is 2.09. The normalized spacial score (nSPS) is 12.0. The van der Waals surface area contributed by atoms with Crippen LogP contribution in [0.25, 0.3) is 0 Å². The maximum absolute atomic E-state index is 11.5. The highest BCUT2D eigenvalue weighted by molar-refractivity contribution is 7.89. The molecule has 0 amide bonds. The molecule has 0 aliphatic heterocycles. The second kappa shape index (κ2) is 6.44. The third kappa shape index (κ3) is 4.44. The first kappa shape index (κ1) is 17.5. The molecule has 1 rings (SSSR count). The van der Waals surface area contributed by atoms with Gasteiger partial charge in [0.05, 0.1) is 16.1 Å². The number of rotatable bonds is 6. The molecule has 118 valence electrons. The summed E-state index contributed by atoms with van der Waals surface area (Å²) in [6.07, 6.45) is 0. The molecule has 1 aromatic carbocycles. The number of anilines is 1. The Morgan fingerprint density at radius 2 is 1.86 bits per heavy atom. The zero-order valence-corrected chi connectivity index (χ0v) is 13.5. The molecule has 21 heavy (non-hydrogen) atoms. The molecular formula is C14H22N2O4S. The molecule has 0 saturated carbocycles. The summed E-state index contributed by atoms with van der Waals surface area (Å²) in [5, 5.41) is 14.4. The molecule has 6 nitrogen and oxygen atoms in total. The molecule has 0 aliphatic rings. The molecule has 1 aromatic rings. The van der Waals surface area contributed by atoms with Crippen LogP contribution in [0.2, 0.25) is 0 Å². The minimum absolute atomic E-state index is 0.0594. The molecule has 0 radical (unpaired) electrons. The Kier molecular flexibility index (Phi) is 5.36. The fourth-order valence-corrected chi connectivity index (χ4v) is 2.63. The van der Waals surface area contributed by atoms with Gasteiger partial charge >= 0.3 is 5.97 Å². The van der Waals surface area contributed by atoms with E-state index in [0.717, 1.165) is 6.07 Å². The maximum Gasteiger partial charge on any atom is 0.337 e. The van der Waals surface area contributed by atoms with Crippen molar-refractivity contribution >= 4 is 21.7 Å². The van der Waals surface area contributed by atoms with E-state index >= 15 is 0 Å². The van der Waals surface area contributed by atoms with Crippen LogP contribution in [-0.4, -0.2) is 32.1 Å². The van der Waals surface area contributed by atoms with Crippen molar-refractivity contribution in [2.75, 3.05) is 11.4 Å². The fraction of sp³-hybridized carbons (Fsp3) is 0.500. The van der Waals surface area contributed by atoms with E-state index in [0.29, 0.717) is 18.2 Å². The predicted molar refractivity (Wildman–Crippen MR) is 82.1 cm³/mol. The van der Waals surface area contributed by atoms with Gasteiger partial charge in [0.2, 0.25) is 10.0 Å². The van der Waals surface area contributed by atoms with Crippen LogP contribution in [0.5, 0.6) is 0 Å². The molecule has 0 aromatic heterocycles. The number of hydrogen-bond acceptors (Lipinski definition) is 4. The highest BCUT2D eigenvalue weighted by Gasteiger charge is 2.21. The molecule has 7 heteroatoms. The van der Waals surface area contributed by atoms with Gasteiger partial charge in [-0.05, 0) is 38.0 Å². The van der Waals surface area contributed by atoms with Crippen molar-refractivity contribution in [1.82, 2.24) is 0 Å². The number of benzene rings is 1. The lowest BCUT2D eigenvalue weighted by atomic mass is 10.1. The second-order valence-electron chi connectivity index (χ2n) is 5.67. The van der Waals surface area contributed by atoms with Crippen LogP contribution in [0.1, 0.15) is 38.1 Å². The van der Waals surface area contributed by atoms with Gasteiger partial charge in [0.1, 0.15) is 0 Å². The Morgan fingerprint density at radius 1 is 1.29 bits per heavy atom. The van der Waals surface area contributed by atoms with Gasteiger partial charge in [0.15, 0.2) is 0 Å². The van der Waals surface area contributed by atoms with Crippen molar-refractivity contribution in [1.29, 1.82) is 0 Å². The highest BCUT2D eigenvalue weighted by atomic mass is 32.2. The van der Waals surface area contributed by atoms with Gasteiger partial charge in [-0.25, -0.2) is 18.4 Å². The largest absolute Gasteiger partial charge is 0.478 e. The molecule has 0 aliphatic carbocycles. The van der Waals surface area contributed by atoms with E-state index in [4.69, 9.17) is 5.14 Å². The monoisotopic (exact) mass is 314 g/mol. The van der Waals surface area contributed by atoms with E-state index < -0.39 is 16.0 Å². The van der Waals surface area contributed by atoms with Crippen LogP contribution < -0.4 is 10.0 Å². The number of carboxylic acids is 1. The number of primary sulfonamides is 1. The lowest BCUT2D eigenvalue weighted by molar-refractivity contribution is 0.0697. The molecule has 3 N–H and O–H groups in total. The zero-order valence-electron chi connectivity index (χ0n) is 12.7. The van der Waals surface area contributed by atoms with Crippen molar-refractivity contribution < 1.29 is 18.3 Å². The van der Waals surface area contributed by atoms with Crippen molar-refractivity contribution in [3.05, 3.63) is 23.8 Å². The van der Waals surface area contributed by atoms with E-state index in [1.807, 2.05) is 32.6 Å². The summed E-state index contributed by atoms with van der Waals surface area (Å²) in [5.41, 5.74) is 0.439. The Balaban J connectivity index is 3.44. The number of aromatic carboxylic acids is 1. The van der Waals surface area contributed by atoms with Gasteiger partial charge in [-0.15, -0.1) is 0 Å². The van der Waals surface area contributed by atoms with Gasteiger partial charge in [0.25, 0.3) is 0 Å². The standard InChI is InChI=1S/C14H22N2O4S/c1-9(2)8-16(10(3)4)13-6-5-11(21(15,19)20)7-12(13)14(17)18/h5-7,9-10H,8H2,1-4H3,(H,17,18)(H2,15,19,20). The number of nitrogens with two attached hydrogens (primary N) is 1.